The van der Waals surface area contributed by atoms with Crippen molar-refractivity contribution in [1.82, 2.24) is 14.5 Å². The minimum atomic E-state index is -0.763. The van der Waals surface area contributed by atoms with Gasteiger partial charge in [-0.2, -0.15) is 0 Å². The largest absolute Gasteiger partial charge is 0.350 e. The Balaban J connectivity index is 1.62. The van der Waals surface area contributed by atoms with E-state index in [1.54, 1.807) is 42.5 Å². The number of fused-ring (bicyclic) bond motifs is 1. The Morgan fingerprint density at radius 2 is 1.50 bits per heavy atom. The molecule has 1 heterocycles. The van der Waals surface area contributed by atoms with E-state index in [0.29, 0.717) is 26.8 Å². The van der Waals surface area contributed by atoms with Gasteiger partial charge in [0, 0.05) is 22.3 Å². The van der Waals surface area contributed by atoms with E-state index < -0.39 is 29.6 Å². The topological polar surface area (TPSA) is 102 Å². The summed E-state index contributed by atoms with van der Waals surface area (Å²) in [7, 11) is 0. The van der Waals surface area contributed by atoms with E-state index in [1.165, 1.54) is 4.57 Å². The van der Waals surface area contributed by atoms with E-state index in [-0.39, 0.29) is 18.5 Å². The van der Waals surface area contributed by atoms with Crippen molar-refractivity contribution in [1.29, 1.82) is 0 Å². The van der Waals surface area contributed by atoms with Gasteiger partial charge >= 0.3 is 5.69 Å². The number of halogens is 2. The lowest BCUT2D eigenvalue weighted by Crippen LogP contribution is -2.44. The summed E-state index contributed by atoms with van der Waals surface area (Å²) in [5, 5.41) is 6.61. The first-order chi connectivity index (χ1) is 18.0. The van der Waals surface area contributed by atoms with E-state index in [2.05, 4.69) is 10.6 Å². The van der Waals surface area contributed by atoms with Gasteiger partial charge < -0.3 is 10.6 Å². The highest BCUT2D eigenvalue weighted by molar-refractivity contribution is 6.35. The summed E-state index contributed by atoms with van der Waals surface area (Å²) in [6, 6.07) is 15.3. The number of para-hydroxylation sites is 1. The first-order valence-corrected chi connectivity index (χ1v) is 12.6. The van der Waals surface area contributed by atoms with Gasteiger partial charge in [-0.3, -0.25) is 23.5 Å². The van der Waals surface area contributed by atoms with Crippen LogP contribution >= 0.6 is 23.2 Å². The van der Waals surface area contributed by atoms with E-state index in [9.17, 15) is 19.2 Å². The maximum absolute atomic E-state index is 13.4. The van der Waals surface area contributed by atoms with Crippen molar-refractivity contribution in [2.24, 2.45) is 0 Å². The van der Waals surface area contributed by atoms with Crippen LogP contribution in [0.3, 0.4) is 0 Å². The third-order valence-electron chi connectivity index (χ3n) is 6.17. The van der Waals surface area contributed by atoms with Gasteiger partial charge in [-0.25, -0.2) is 4.79 Å². The molecule has 0 atom stereocenters. The van der Waals surface area contributed by atoms with Gasteiger partial charge in [0.2, 0.25) is 11.8 Å². The summed E-state index contributed by atoms with van der Waals surface area (Å²) in [4.78, 5) is 52.3. The molecule has 0 radical (unpaired) electrons. The number of anilines is 1. The van der Waals surface area contributed by atoms with Crippen LogP contribution < -0.4 is 21.9 Å². The number of hydrogen-bond donors (Lipinski definition) is 2. The predicted molar refractivity (Wildman–Crippen MR) is 150 cm³/mol. The molecule has 0 aliphatic carbocycles. The zero-order valence-corrected chi connectivity index (χ0v) is 22.6. The Bertz CT molecular complexity index is 1670. The van der Waals surface area contributed by atoms with Gasteiger partial charge in [0.1, 0.15) is 13.1 Å². The molecule has 0 unspecified atom stereocenters. The monoisotopic (exact) mass is 552 g/mol. The van der Waals surface area contributed by atoms with Crippen LogP contribution in [0.4, 0.5) is 5.69 Å². The normalized spacial score (nSPS) is 11.0. The van der Waals surface area contributed by atoms with E-state index in [1.807, 2.05) is 32.9 Å². The first-order valence-electron chi connectivity index (χ1n) is 11.9. The molecular weight excluding hydrogens is 527 g/mol. The summed E-state index contributed by atoms with van der Waals surface area (Å²) in [6.07, 6.45) is 0. The van der Waals surface area contributed by atoms with Crippen LogP contribution in [0.25, 0.3) is 10.9 Å². The highest BCUT2D eigenvalue weighted by Gasteiger charge is 2.18. The van der Waals surface area contributed by atoms with Crippen molar-refractivity contribution in [2.45, 2.75) is 40.4 Å². The number of carbonyl (C=O) groups excluding carboxylic acids is 2. The fourth-order valence-electron chi connectivity index (χ4n) is 4.42. The molecule has 196 valence electrons. The molecule has 0 bridgehead atoms. The molecule has 0 fully saturated rings. The number of amides is 2. The quantitative estimate of drug-likeness (QED) is 0.355. The number of benzene rings is 3. The summed E-state index contributed by atoms with van der Waals surface area (Å²) >= 11 is 12.1. The Morgan fingerprint density at radius 3 is 2.18 bits per heavy atom. The Hall–Kier alpha value is -3.88. The summed E-state index contributed by atoms with van der Waals surface area (Å²) in [5.74, 6) is -0.994. The van der Waals surface area contributed by atoms with Crippen molar-refractivity contribution < 1.29 is 9.59 Å². The van der Waals surface area contributed by atoms with E-state index >= 15 is 0 Å². The lowest BCUT2D eigenvalue weighted by Gasteiger charge is -2.16. The van der Waals surface area contributed by atoms with Crippen molar-refractivity contribution >= 4 is 51.6 Å². The molecule has 0 spiro atoms. The van der Waals surface area contributed by atoms with Gasteiger partial charge in [0.25, 0.3) is 5.56 Å². The second-order valence-electron chi connectivity index (χ2n) is 9.11. The van der Waals surface area contributed by atoms with Crippen molar-refractivity contribution in [2.75, 3.05) is 5.32 Å². The number of rotatable bonds is 7. The molecule has 2 N–H and O–H groups in total. The van der Waals surface area contributed by atoms with Gasteiger partial charge in [-0.05, 0) is 61.7 Å². The molecule has 38 heavy (non-hydrogen) atoms. The Labute approximate surface area is 228 Å². The molecule has 10 heteroatoms. The van der Waals surface area contributed by atoms with Crippen LogP contribution in [0, 0.1) is 20.8 Å². The standard InChI is InChI=1S/C28H26Cl2N4O4/c1-16-10-17(2)26(18(3)11-16)32-25(36)15-33-23-7-5-4-6-21(23)27(37)34(28(33)38)14-24(35)31-13-19-8-9-20(29)12-22(19)30/h4-12H,13-15H2,1-3H3,(H,31,35)(H,32,36). The number of hydrogen-bond acceptors (Lipinski definition) is 4. The summed E-state index contributed by atoms with van der Waals surface area (Å²) < 4.78 is 2.03. The van der Waals surface area contributed by atoms with Crippen LogP contribution in [0.5, 0.6) is 0 Å². The van der Waals surface area contributed by atoms with Gasteiger partial charge in [-0.15, -0.1) is 0 Å². The van der Waals surface area contributed by atoms with E-state index in [4.69, 9.17) is 23.2 Å². The van der Waals surface area contributed by atoms with E-state index in [0.717, 1.165) is 21.3 Å². The first kappa shape index (κ1) is 27.2. The molecule has 4 rings (SSSR count). The molecule has 1 aromatic heterocycles. The zero-order chi connectivity index (χ0) is 27.6. The number of aromatic nitrogens is 2. The average Bonchev–Trinajstić information content (AvgIpc) is 2.86. The highest BCUT2D eigenvalue weighted by Crippen LogP contribution is 2.22. The lowest BCUT2D eigenvalue weighted by atomic mass is 10.1. The number of nitrogens with zero attached hydrogens (tertiary/aromatic N) is 2. The number of nitrogens with one attached hydrogen (secondary N) is 2. The molecule has 3 aromatic carbocycles. The molecule has 0 aliphatic rings. The Kier molecular flexibility index (Phi) is 8.04. The molecule has 0 saturated heterocycles. The smallest absolute Gasteiger partial charge is 0.332 e. The van der Waals surface area contributed by atoms with Crippen molar-refractivity contribution in [3.63, 3.8) is 0 Å². The molecule has 0 saturated carbocycles. The maximum atomic E-state index is 13.4. The second-order valence-corrected chi connectivity index (χ2v) is 9.96. The van der Waals surface area contributed by atoms with Crippen LogP contribution in [0.15, 0.2) is 64.2 Å². The number of carbonyl (C=O) groups is 2. The fraction of sp³-hybridized carbons (Fsp3) is 0.214. The minimum Gasteiger partial charge on any atom is -0.350 e. The van der Waals surface area contributed by atoms with Crippen molar-refractivity contribution in [3.05, 3.63) is 108 Å². The zero-order valence-electron chi connectivity index (χ0n) is 21.1. The highest BCUT2D eigenvalue weighted by atomic mass is 35.5. The molecular formula is C28H26Cl2N4O4. The lowest BCUT2D eigenvalue weighted by molar-refractivity contribution is -0.122. The van der Waals surface area contributed by atoms with Crippen LogP contribution in [0.2, 0.25) is 10.0 Å². The predicted octanol–water partition coefficient (Wildman–Crippen LogP) is 4.35. The fourth-order valence-corrected chi connectivity index (χ4v) is 4.90. The molecule has 2 amide bonds. The Morgan fingerprint density at radius 1 is 0.842 bits per heavy atom. The molecule has 8 nitrogen and oxygen atoms in total. The average molecular weight is 553 g/mol. The summed E-state index contributed by atoms with van der Waals surface area (Å²) in [5.41, 5.74) is 3.10. The van der Waals surface area contributed by atoms with Crippen LogP contribution in [0.1, 0.15) is 22.3 Å². The number of aryl methyl sites for hydroxylation is 3. The molecule has 0 aliphatic heterocycles. The van der Waals surface area contributed by atoms with Crippen molar-refractivity contribution in [3.8, 4) is 0 Å². The SMILES string of the molecule is Cc1cc(C)c(NC(=O)Cn2c(=O)n(CC(=O)NCc3ccc(Cl)cc3Cl)c(=O)c3ccccc32)c(C)c1. The van der Waals surface area contributed by atoms with Gasteiger partial charge in [-0.1, -0.05) is 59.1 Å². The van der Waals surface area contributed by atoms with Crippen LogP contribution in [-0.4, -0.2) is 20.9 Å². The third-order valence-corrected chi connectivity index (χ3v) is 6.76. The molecule has 4 aromatic rings. The third kappa shape index (κ3) is 5.82. The minimum absolute atomic E-state index is 0.0863. The second kappa shape index (κ2) is 11.2. The summed E-state index contributed by atoms with van der Waals surface area (Å²) in [6.45, 7) is 4.99. The van der Waals surface area contributed by atoms with Gasteiger partial charge in [0.15, 0.2) is 0 Å². The van der Waals surface area contributed by atoms with Crippen LogP contribution in [-0.2, 0) is 29.2 Å². The maximum Gasteiger partial charge on any atom is 0.332 e. The van der Waals surface area contributed by atoms with Gasteiger partial charge in [0.05, 0.1) is 10.9 Å².